The number of hydrogen-bond donors (Lipinski definition) is 1. The van der Waals surface area contributed by atoms with E-state index in [1.807, 2.05) is 0 Å². The van der Waals surface area contributed by atoms with Gasteiger partial charge in [0.2, 0.25) is 5.60 Å². The minimum absolute atomic E-state index is 0.0772. The second-order valence-corrected chi connectivity index (χ2v) is 12.2. The van der Waals surface area contributed by atoms with Crippen molar-refractivity contribution < 1.29 is 49.7 Å². The molecule has 0 amide bonds. The molecule has 0 aliphatic heterocycles. The first-order chi connectivity index (χ1) is 16.5. The molecule has 4 aliphatic carbocycles. The van der Waals surface area contributed by atoms with Crippen LogP contribution in [0.2, 0.25) is 0 Å². The van der Waals surface area contributed by atoms with Crippen LogP contribution in [0, 0.1) is 47.3 Å². The predicted octanol–water partition coefficient (Wildman–Crippen LogP) is 6.98. The van der Waals surface area contributed by atoms with Crippen LogP contribution >= 0.6 is 0 Å². The van der Waals surface area contributed by atoms with E-state index in [1.165, 1.54) is 0 Å². The first-order valence-electron chi connectivity index (χ1n) is 12.9. The lowest BCUT2D eigenvalue weighted by atomic mass is 9.72. The molecule has 4 aliphatic rings. The first-order valence-corrected chi connectivity index (χ1v) is 12.9. The quantitative estimate of drug-likeness (QED) is 0.255. The fourth-order valence-corrected chi connectivity index (χ4v) is 7.92. The highest BCUT2D eigenvalue weighted by Crippen LogP contribution is 2.58. The molecule has 1 N–H and O–H groups in total. The molecule has 0 saturated heterocycles. The van der Waals surface area contributed by atoms with Gasteiger partial charge in [0.15, 0.2) is 5.60 Å². The number of hydrogen-bond acceptors (Lipinski definition) is 3. The van der Waals surface area contributed by atoms with Crippen molar-refractivity contribution in [3.63, 3.8) is 0 Å². The Morgan fingerprint density at radius 3 is 1.94 bits per heavy atom. The molecular weight excluding hydrogens is 500 g/mol. The summed E-state index contributed by atoms with van der Waals surface area (Å²) in [5.41, 5.74) is -6.54. The molecule has 4 rings (SSSR count). The minimum Gasteiger partial charge on any atom is -0.376 e. The third-order valence-electron chi connectivity index (χ3n) is 10.3. The number of halogens is 8. The first kappa shape index (κ1) is 28.3. The molecule has 0 radical (unpaired) electrons. The minimum atomic E-state index is -5.49. The molecule has 210 valence electrons. The third kappa shape index (κ3) is 4.90. The lowest BCUT2D eigenvalue weighted by molar-refractivity contribution is -0.309. The maximum atomic E-state index is 14.1. The Kier molecular flexibility index (Phi) is 7.48. The molecule has 4 bridgehead atoms. The summed E-state index contributed by atoms with van der Waals surface area (Å²) in [7, 11) is 0. The Morgan fingerprint density at radius 1 is 0.806 bits per heavy atom. The summed E-state index contributed by atoms with van der Waals surface area (Å²) in [4.78, 5) is 0. The number of fused-ring (bicyclic) bond motifs is 4. The third-order valence-corrected chi connectivity index (χ3v) is 10.3. The van der Waals surface area contributed by atoms with Gasteiger partial charge in [0.25, 0.3) is 6.43 Å². The second-order valence-electron chi connectivity index (χ2n) is 12.2. The fraction of sp³-hybridized carbons (Fsp3) is 1.00. The van der Waals surface area contributed by atoms with Crippen molar-refractivity contribution in [3.05, 3.63) is 0 Å². The highest BCUT2D eigenvalue weighted by atomic mass is 19.4. The van der Waals surface area contributed by atoms with E-state index >= 15 is 0 Å². The Bertz CT molecular complexity index is 786. The Labute approximate surface area is 206 Å². The molecule has 0 spiro atoms. The summed E-state index contributed by atoms with van der Waals surface area (Å²) in [6, 6.07) is 0. The molecule has 3 nitrogen and oxygen atoms in total. The van der Waals surface area contributed by atoms with Crippen molar-refractivity contribution in [2.24, 2.45) is 47.3 Å². The van der Waals surface area contributed by atoms with E-state index in [0.717, 1.165) is 19.8 Å². The fourth-order valence-electron chi connectivity index (χ4n) is 7.92. The van der Waals surface area contributed by atoms with Crippen LogP contribution in [0.25, 0.3) is 0 Å². The van der Waals surface area contributed by atoms with E-state index in [2.05, 4.69) is 13.8 Å². The molecule has 0 aromatic carbocycles. The van der Waals surface area contributed by atoms with Gasteiger partial charge in [-0.2, -0.15) is 26.3 Å². The molecule has 4 saturated carbocycles. The van der Waals surface area contributed by atoms with Gasteiger partial charge in [0, 0.05) is 0 Å². The standard InChI is InChI=1S/C25H36F8O3/c1-12-13(2)18-8-15(12)7-17(18)9-22(3,24(28,29)30)36-11-35-20-6-14-4-16(19(20)5-14)10-23(34,21(26)27)25(31,32)33/h12-21,34H,4-11H2,1-3H3. The van der Waals surface area contributed by atoms with Gasteiger partial charge in [0.05, 0.1) is 6.10 Å². The highest BCUT2D eigenvalue weighted by molar-refractivity contribution is 5.02. The topological polar surface area (TPSA) is 38.7 Å². The van der Waals surface area contributed by atoms with Gasteiger partial charge in [-0.1, -0.05) is 13.8 Å². The summed E-state index contributed by atoms with van der Waals surface area (Å²) in [6.45, 7) is 4.59. The van der Waals surface area contributed by atoms with Gasteiger partial charge in [-0.3, -0.25) is 0 Å². The van der Waals surface area contributed by atoms with Gasteiger partial charge in [-0.25, -0.2) is 8.78 Å². The van der Waals surface area contributed by atoms with Crippen molar-refractivity contribution in [3.8, 4) is 0 Å². The lowest BCUT2D eigenvalue weighted by Gasteiger charge is -2.40. The van der Waals surface area contributed by atoms with E-state index in [0.29, 0.717) is 30.6 Å². The zero-order valence-corrected chi connectivity index (χ0v) is 20.7. The van der Waals surface area contributed by atoms with Crippen LogP contribution in [0.3, 0.4) is 0 Å². The Balaban J connectivity index is 1.36. The lowest BCUT2D eigenvalue weighted by Crippen LogP contribution is -2.53. The van der Waals surface area contributed by atoms with Gasteiger partial charge in [-0.15, -0.1) is 0 Å². The number of aliphatic hydroxyl groups is 1. The molecular formula is C25H36F8O3. The number of alkyl halides is 8. The molecule has 4 fully saturated rings. The molecule has 11 unspecified atom stereocenters. The summed E-state index contributed by atoms with van der Waals surface area (Å²) in [5.74, 6) is -0.0727. The van der Waals surface area contributed by atoms with Crippen molar-refractivity contribution >= 4 is 0 Å². The molecule has 11 heteroatoms. The van der Waals surface area contributed by atoms with Crippen LogP contribution in [0.15, 0.2) is 0 Å². The van der Waals surface area contributed by atoms with Gasteiger partial charge < -0.3 is 14.6 Å². The normalized spacial score (nSPS) is 41.8. The van der Waals surface area contributed by atoms with Crippen LogP contribution in [-0.2, 0) is 9.47 Å². The van der Waals surface area contributed by atoms with E-state index in [4.69, 9.17) is 9.47 Å². The van der Waals surface area contributed by atoms with Crippen LogP contribution in [0.1, 0.15) is 65.7 Å². The maximum Gasteiger partial charge on any atom is 0.422 e. The molecule has 0 heterocycles. The summed E-state index contributed by atoms with van der Waals surface area (Å²) < 4.78 is 119. The molecule has 36 heavy (non-hydrogen) atoms. The van der Waals surface area contributed by atoms with E-state index in [9.17, 15) is 40.2 Å². The summed E-state index contributed by atoms with van der Waals surface area (Å²) >= 11 is 0. The Morgan fingerprint density at radius 2 is 1.44 bits per heavy atom. The molecule has 0 aromatic rings. The van der Waals surface area contributed by atoms with Crippen molar-refractivity contribution in [1.29, 1.82) is 0 Å². The van der Waals surface area contributed by atoms with Crippen molar-refractivity contribution in [2.75, 3.05) is 6.79 Å². The zero-order valence-electron chi connectivity index (χ0n) is 20.7. The van der Waals surface area contributed by atoms with Gasteiger partial charge >= 0.3 is 12.4 Å². The van der Waals surface area contributed by atoms with Crippen LogP contribution in [-0.4, -0.2) is 48.0 Å². The zero-order chi connectivity index (χ0) is 26.8. The molecule has 0 aromatic heterocycles. The number of rotatable bonds is 9. The van der Waals surface area contributed by atoms with E-state index < -0.39 is 61.1 Å². The van der Waals surface area contributed by atoms with Gasteiger partial charge in [0.1, 0.15) is 6.79 Å². The SMILES string of the molecule is CC1C2CC(CC(C)(OCOC3CC4CC(CC(O)(C(F)F)C(F)(F)F)C3C4)C(F)(F)F)C(C2)C1C. The predicted molar refractivity (Wildman–Crippen MR) is 114 cm³/mol. The molecule has 11 atom stereocenters. The average molecular weight is 537 g/mol. The number of ether oxygens (including phenoxy) is 2. The maximum absolute atomic E-state index is 14.1. The van der Waals surface area contributed by atoms with Crippen LogP contribution in [0.4, 0.5) is 35.1 Å². The van der Waals surface area contributed by atoms with E-state index in [1.54, 1.807) is 0 Å². The average Bonchev–Trinajstić information content (AvgIpc) is 3.49. The monoisotopic (exact) mass is 536 g/mol. The largest absolute Gasteiger partial charge is 0.422 e. The second kappa shape index (κ2) is 9.50. The van der Waals surface area contributed by atoms with Crippen molar-refractivity contribution in [2.45, 2.75) is 102 Å². The van der Waals surface area contributed by atoms with Crippen molar-refractivity contribution in [1.82, 2.24) is 0 Å². The summed E-state index contributed by atoms with van der Waals surface area (Å²) in [5, 5.41) is 9.72. The summed E-state index contributed by atoms with van der Waals surface area (Å²) in [6.07, 6.45) is -13.4. The Hall–Kier alpha value is -0.680. The van der Waals surface area contributed by atoms with Gasteiger partial charge in [-0.05, 0) is 99.2 Å². The van der Waals surface area contributed by atoms with Crippen LogP contribution in [0.5, 0.6) is 0 Å². The smallest absolute Gasteiger partial charge is 0.376 e. The van der Waals surface area contributed by atoms with E-state index in [-0.39, 0.29) is 30.6 Å². The highest BCUT2D eigenvalue weighted by Gasteiger charge is 2.63. The van der Waals surface area contributed by atoms with Crippen LogP contribution < -0.4 is 0 Å².